The van der Waals surface area contributed by atoms with E-state index in [1.807, 2.05) is 30.3 Å². The fourth-order valence-corrected chi connectivity index (χ4v) is 1.88. The first-order valence-corrected chi connectivity index (χ1v) is 6.39. The summed E-state index contributed by atoms with van der Waals surface area (Å²) in [5, 5.41) is 0. The highest BCUT2D eigenvalue weighted by molar-refractivity contribution is 5.85. The van der Waals surface area contributed by atoms with Crippen LogP contribution in [0.15, 0.2) is 30.3 Å². The van der Waals surface area contributed by atoms with Gasteiger partial charge in [0.2, 0.25) is 0 Å². The zero-order valence-electron chi connectivity index (χ0n) is 10.4. The van der Waals surface area contributed by atoms with E-state index < -0.39 is 0 Å². The van der Waals surface area contributed by atoms with E-state index in [1.54, 1.807) is 0 Å². The Labute approximate surface area is 107 Å². The average molecular weight is 246 g/mol. The number of ketones is 1. The summed E-state index contributed by atoms with van der Waals surface area (Å²) >= 11 is 0. The van der Waals surface area contributed by atoms with Gasteiger partial charge in [-0.2, -0.15) is 0 Å². The molecule has 1 aliphatic carbocycles. The summed E-state index contributed by atoms with van der Waals surface area (Å²) in [5.41, 5.74) is 1.08. The van der Waals surface area contributed by atoms with Gasteiger partial charge in [-0.3, -0.25) is 4.79 Å². The van der Waals surface area contributed by atoms with Crippen LogP contribution in [0.1, 0.15) is 24.8 Å². The van der Waals surface area contributed by atoms with Gasteiger partial charge >= 0.3 is 0 Å². The maximum atomic E-state index is 11.6. The van der Waals surface area contributed by atoms with Crippen LogP contribution in [0.3, 0.4) is 0 Å². The topological polar surface area (TPSA) is 43.4 Å². The predicted molar refractivity (Wildman–Crippen MR) is 68.0 cm³/mol. The Kier molecular flexibility index (Phi) is 4.65. The number of ether oxygens (including phenoxy) is 1. The van der Waals surface area contributed by atoms with Crippen LogP contribution >= 0.6 is 0 Å². The molecule has 0 N–H and O–H groups in total. The molecule has 1 aromatic rings. The minimum absolute atomic E-state index is 0.218. The zero-order chi connectivity index (χ0) is 12.8. The van der Waals surface area contributed by atoms with Crippen LogP contribution in [0, 0.1) is 11.8 Å². The Bertz CT molecular complexity index is 395. The Balaban J connectivity index is 1.70. The van der Waals surface area contributed by atoms with Gasteiger partial charge in [0.1, 0.15) is 12.1 Å². The van der Waals surface area contributed by atoms with Crippen LogP contribution in [0.25, 0.3) is 0 Å². The van der Waals surface area contributed by atoms with Crippen molar-refractivity contribution in [1.82, 2.24) is 0 Å². The predicted octanol–water partition coefficient (Wildman–Crippen LogP) is 2.39. The minimum Gasteiger partial charge on any atom is -0.376 e. The quantitative estimate of drug-likeness (QED) is 0.661. The SMILES string of the molecule is O=CC(COCc1ccccc1)CC(=O)C1CC1. The smallest absolute Gasteiger partial charge is 0.136 e. The lowest BCUT2D eigenvalue weighted by molar-refractivity contribution is -0.125. The zero-order valence-corrected chi connectivity index (χ0v) is 10.4. The number of hydrogen-bond donors (Lipinski definition) is 0. The van der Waals surface area contributed by atoms with Crippen molar-refractivity contribution in [2.75, 3.05) is 6.61 Å². The molecule has 0 aromatic heterocycles. The number of carbonyl (C=O) groups excluding carboxylic acids is 2. The van der Waals surface area contributed by atoms with E-state index in [0.29, 0.717) is 19.6 Å². The first-order chi connectivity index (χ1) is 8.79. The number of hydrogen-bond acceptors (Lipinski definition) is 3. The maximum absolute atomic E-state index is 11.6. The van der Waals surface area contributed by atoms with Crippen molar-refractivity contribution in [3.05, 3.63) is 35.9 Å². The van der Waals surface area contributed by atoms with Gasteiger partial charge < -0.3 is 9.53 Å². The lowest BCUT2D eigenvalue weighted by Gasteiger charge is -2.10. The van der Waals surface area contributed by atoms with Gasteiger partial charge in [0.05, 0.1) is 13.2 Å². The second kappa shape index (κ2) is 6.45. The molecule has 1 aromatic carbocycles. The van der Waals surface area contributed by atoms with E-state index in [4.69, 9.17) is 4.74 Å². The molecule has 2 rings (SSSR count). The van der Waals surface area contributed by atoms with Gasteiger partial charge in [0.25, 0.3) is 0 Å². The summed E-state index contributed by atoms with van der Waals surface area (Å²) in [6.45, 7) is 0.819. The molecule has 1 fully saturated rings. The van der Waals surface area contributed by atoms with Crippen molar-refractivity contribution in [1.29, 1.82) is 0 Å². The summed E-state index contributed by atoms with van der Waals surface area (Å²) in [7, 11) is 0. The monoisotopic (exact) mass is 246 g/mol. The Morgan fingerprint density at radius 3 is 2.67 bits per heavy atom. The maximum Gasteiger partial charge on any atom is 0.136 e. The number of Topliss-reactive ketones (excluding diaryl/α,β-unsaturated/α-hetero) is 1. The van der Waals surface area contributed by atoms with Gasteiger partial charge in [0, 0.05) is 18.3 Å². The van der Waals surface area contributed by atoms with Crippen molar-refractivity contribution in [3.8, 4) is 0 Å². The van der Waals surface area contributed by atoms with Crippen LogP contribution in [0.5, 0.6) is 0 Å². The van der Waals surface area contributed by atoms with Gasteiger partial charge in [-0.1, -0.05) is 30.3 Å². The minimum atomic E-state index is -0.290. The molecule has 1 unspecified atom stereocenters. The first kappa shape index (κ1) is 13.0. The molecule has 0 radical (unpaired) electrons. The third kappa shape index (κ3) is 4.08. The van der Waals surface area contributed by atoms with E-state index in [-0.39, 0.29) is 17.6 Å². The Hall–Kier alpha value is -1.48. The number of benzene rings is 1. The molecule has 18 heavy (non-hydrogen) atoms. The summed E-state index contributed by atoms with van der Waals surface area (Å²) in [5.74, 6) is 0.152. The van der Waals surface area contributed by atoms with Crippen LogP contribution < -0.4 is 0 Å². The average Bonchev–Trinajstić information content (AvgIpc) is 3.23. The van der Waals surface area contributed by atoms with E-state index in [0.717, 1.165) is 24.7 Å². The highest BCUT2D eigenvalue weighted by atomic mass is 16.5. The third-order valence-electron chi connectivity index (χ3n) is 3.13. The molecule has 96 valence electrons. The fourth-order valence-electron chi connectivity index (χ4n) is 1.88. The third-order valence-corrected chi connectivity index (χ3v) is 3.13. The molecule has 0 aliphatic heterocycles. The van der Waals surface area contributed by atoms with E-state index in [1.165, 1.54) is 0 Å². The Morgan fingerprint density at radius 2 is 2.06 bits per heavy atom. The molecule has 0 saturated heterocycles. The van der Waals surface area contributed by atoms with Gasteiger partial charge in [-0.25, -0.2) is 0 Å². The highest BCUT2D eigenvalue weighted by Crippen LogP contribution is 2.31. The van der Waals surface area contributed by atoms with Gasteiger partial charge in [-0.05, 0) is 18.4 Å². The van der Waals surface area contributed by atoms with Crippen LogP contribution in [0.4, 0.5) is 0 Å². The largest absolute Gasteiger partial charge is 0.376 e. The molecule has 0 heterocycles. The summed E-state index contributed by atoms with van der Waals surface area (Å²) in [4.78, 5) is 22.5. The standard InChI is InChI=1S/C15H18O3/c16-9-13(8-15(17)14-6-7-14)11-18-10-12-4-2-1-3-5-12/h1-5,9,13-14H,6-8,10-11H2. The fraction of sp³-hybridized carbons (Fsp3) is 0.467. The van der Waals surface area contributed by atoms with Gasteiger partial charge in [0.15, 0.2) is 0 Å². The van der Waals surface area contributed by atoms with Crippen molar-refractivity contribution in [3.63, 3.8) is 0 Å². The van der Waals surface area contributed by atoms with E-state index >= 15 is 0 Å². The van der Waals surface area contributed by atoms with Crippen molar-refractivity contribution in [2.24, 2.45) is 11.8 Å². The van der Waals surface area contributed by atoms with Crippen molar-refractivity contribution < 1.29 is 14.3 Å². The lowest BCUT2D eigenvalue weighted by Crippen LogP contribution is -2.16. The van der Waals surface area contributed by atoms with Crippen molar-refractivity contribution in [2.45, 2.75) is 25.9 Å². The molecule has 1 aliphatic rings. The van der Waals surface area contributed by atoms with E-state index in [2.05, 4.69) is 0 Å². The molecular weight excluding hydrogens is 228 g/mol. The summed E-state index contributed by atoms with van der Waals surface area (Å²) in [6.07, 6.45) is 3.17. The summed E-state index contributed by atoms with van der Waals surface area (Å²) < 4.78 is 5.49. The normalized spacial score (nSPS) is 16.2. The summed E-state index contributed by atoms with van der Waals surface area (Å²) in [6, 6.07) is 9.81. The molecule has 0 bridgehead atoms. The van der Waals surface area contributed by atoms with Crippen LogP contribution in [-0.4, -0.2) is 18.7 Å². The first-order valence-electron chi connectivity index (χ1n) is 6.39. The molecule has 0 amide bonds. The molecule has 1 atom stereocenters. The second-order valence-electron chi connectivity index (χ2n) is 4.84. The highest BCUT2D eigenvalue weighted by Gasteiger charge is 2.30. The number of rotatable bonds is 8. The van der Waals surface area contributed by atoms with Crippen molar-refractivity contribution >= 4 is 12.1 Å². The van der Waals surface area contributed by atoms with Crippen LogP contribution in [-0.2, 0) is 20.9 Å². The molecular formula is C15H18O3. The van der Waals surface area contributed by atoms with Gasteiger partial charge in [-0.15, -0.1) is 0 Å². The molecule has 1 saturated carbocycles. The number of aldehydes is 1. The molecule has 3 heteroatoms. The molecule has 3 nitrogen and oxygen atoms in total. The lowest BCUT2D eigenvalue weighted by atomic mass is 10.0. The number of carbonyl (C=O) groups is 2. The Morgan fingerprint density at radius 1 is 1.33 bits per heavy atom. The second-order valence-corrected chi connectivity index (χ2v) is 4.84. The van der Waals surface area contributed by atoms with Crippen LogP contribution in [0.2, 0.25) is 0 Å². The molecule has 0 spiro atoms. The van der Waals surface area contributed by atoms with E-state index in [9.17, 15) is 9.59 Å².